The molecule has 1 N–H and O–H groups in total. The minimum atomic E-state index is -0.973. The highest BCUT2D eigenvalue weighted by atomic mass is 16.6. The molecule has 0 aliphatic carbocycles. The van der Waals surface area contributed by atoms with Gasteiger partial charge in [0, 0.05) is 0 Å². The molecule has 0 bridgehead atoms. The van der Waals surface area contributed by atoms with E-state index in [4.69, 9.17) is 14.2 Å². The first-order valence-corrected chi connectivity index (χ1v) is 10.1. The third-order valence-electron chi connectivity index (χ3n) is 3.81. The van der Waals surface area contributed by atoms with Crippen molar-refractivity contribution >= 4 is 29.3 Å². The van der Waals surface area contributed by atoms with Crippen LogP contribution in [-0.2, 0) is 16.1 Å². The van der Waals surface area contributed by atoms with Gasteiger partial charge in [0.1, 0.15) is 17.8 Å². The molecule has 0 aliphatic rings. The van der Waals surface area contributed by atoms with Crippen LogP contribution in [0.2, 0.25) is 0 Å². The van der Waals surface area contributed by atoms with Gasteiger partial charge < -0.3 is 19.2 Å². The lowest BCUT2D eigenvalue weighted by molar-refractivity contribution is 0.0427. The minimum absolute atomic E-state index is 0.104. The van der Waals surface area contributed by atoms with Gasteiger partial charge in [-0.2, -0.15) is 9.97 Å². The normalized spacial score (nSPS) is 11.8. The number of nitrogens with one attached hydrogen (secondary N) is 1. The predicted octanol–water partition coefficient (Wildman–Crippen LogP) is 4.61. The van der Waals surface area contributed by atoms with Crippen molar-refractivity contribution in [1.29, 1.82) is 0 Å². The molecule has 170 valence electrons. The SMILES string of the molecule is CC(C)(C)OC(=O)N(C(=O)OC(C)(C)C)c1nc(OCc2ccccc2)c2nc[nH]c2n1. The van der Waals surface area contributed by atoms with Crippen LogP contribution in [-0.4, -0.2) is 43.3 Å². The molecular weight excluding hydrogens is 414 g/mol. The second-order valence-electron chi connectivity index (χ2n) is 9.00. The van der Waals surface area contributed by atoms with Crippen molar-refractivity contribution in [3.8, 4) is 5.88 Å². The maximum absolute atomic E-state index is 12.9. The highest BCUT2D eigenvalue weighted by Gasteiger charge is 2.35. The summed E-state index contributed by atoms with van der Waals surface area (Å²) in [7, 11) is 0. The lowest BCUT2D eigenvalue weighted by Crippen LogP contribution is -2.44. The molecule has 2 aromatic heterocycles. The van der Waals surface area contributed by atoms with E-state index in [1.807, 2.05) is 30.3 Å². The maximum atomic E-state index is 12.9. The van der Waals surface area contributed by atoms with Crippen LogP contribution in [0.4, 0.5) is 15.5 Å². The Balaban J connectivity index is 2.01. The molecule has 2 heterocycles. The molecular formula is C22H27N5O5. The number of hydrogen-bond donors (Lipinski definition) is 1. The Morgan fingerprint density at radius 2 is 1.53 bits per heavy atom. The van der Waals surface area contributed by atoms with Gasteiger partial charge in [-0.25, -0.2) is 14.6 Å². The van der Waals surface area contributed by atoms with Crippen LogP contribution in [0.15, 0.2) is 36.7 Å². The number of imide groups is 1. The van der Waals surface area contributed by atoms with Gasteiger partial charge in [0.05, 0.1) is 6.33 Å². The Bertz CT molecular complexity index is 1070. The van der Waals surface area contributed by atoms with Crippen LogP contribution in [0.25, 0.3) is 11.2 Å². The zero-order valence-electron chi connectivity index (χ0n) is 19.0. The Morgan fingerprint density at radius 1 is 0.938 bits per heavy atom. The monoisotopic (exact) mass is 441 g/mol. The summed E-state index contributed by atoms with van der Waals surface area (Å²) in [6.07, 6.45) is -0.525. The van der Waals surface area contributed by atoms with Crippen molar-refractivity contribution in [1.82, 2.24) is 19.9 Å². The number of ether oxygens (including phenoxy) is 3. The number of aromatic nitrogens is 4. The lowest BCUT2D eigenvalue weighted by Gasteiger charge is -2.27. The van der Waals surface area contributed by atoms with Crippen LogP contribution in [0.3, 0.4) is 0 Å². The number of carbonyl (C=O) groups excluding carboxylic acids is 2. The van der Waals surface area contributed by atoms with E-state index in [-0.39, 0.29) is 24.1 Å². The smallest absolute Gasteiger partial charge is 0.427 e. The first kappa shape index (κ1) is 23.0. The summed E-state index contributed by atoms with van der Waals surface area (Å²) in [5.74, 6) is -0.152. The Kier molecular flexibility index (Phi) is 6.33. The number of nitrogens with zero attached hydrogens (tertiary/aromatic N) is 4. The predicted molar refractivity (Wildman–Crippen MR) is 117 cm³/mol. The largest absolute Gasteiger partial charge is 0.471 e. The second-order valence-corrected chi connectivity index (χ2v) is 9.00. The number of aromatic amines is 1. The molecule has 10 heteroatoms. The van der Waals surface area contributed by atoms with E-state index in [2.05, 4.69) is 19.9 Å². The third-order valence-corrected chi connectivity index (χ3v) is 3.81. The summed E-state index contributed by atoms with van der Waals surface area (Å²) >= 11 is 0. The fraction of sp³-hybridized carbons (Fsp3) is 0.409. The van der Waals surface area contributed by atoms with Gasteiger partial charge in [-0.05, 0) is 47.1 Å². The van der Waals surface area contributed by atoms with Crippen molar-refractivity contribution in [3.63, 3.8) is 0 Å². The molecule has 0 fully saturated rings. The zero-order valence-corrected chi connectivity index (χ0v) is 19.0. The number of hydrogen-bond acceptors (Lipinski definition) is 8. The highest BCUT2D eigenvalue weighted by Crippen LogP contribution is 2.26. The number of anilines is 1. The Morgan fingerprint density at radius 3 is 2.09 bits per heavy atom. The fourth-order valence-corrected chi connectivity index (χ4v) is 2.58. The standard InChI is InChI=1S/C22H27N5O5/c1-21(2,3)31-19(28)27(20(29)32-22(4,5)6)18-25-16-15(23-13-24-16)17(26-18)30-12-14-10-8-7-9-11-14/h7-11,13H,12H2,1-6H3,(H,23,24,25,26). The van der Waals surface area contributed by atoms with E-state index >= 15 is 0 Å². The number of imidazole rings is 1. The van der Waals surface area contributed by atoms with Gasteiger partial charge in [0.15, 0.2) is 11.2 Å². The molecule has 0 saturated carbocycles. The number of rotatable bonds is 4. The average Bonchev–Trinajstić information content (AvgIpc) is 3.13. The van der Waals surface area contributed by atoms with Crippen molar-refractivity contribution in [2.24, 2.45) is 0 Å². The number of fused-ring (bicyclic) bond motifs is 1. The summed E-state index contributed by atoms with van der Waals surface area (Å²) in [5.41, 5.74) is -0.162. The van der Waals surface area contributed by atoms with Crippen LogP contribution in [0.1, 0.15) is 47.1 Å². The number of benzene rings is 1. The molecule has 2 amide bonds. The highest BCUT2D eigenvalue weighted by molar-refractivity contribution is 6.08. The topological polar surface area (TPSA) is 120 Å². The number of amides is 2. The maximum Gasteiger partial charge on any atom is 0.427 e. The van der Waals surface area contributed by atoms with Crippen molar-refractivity contribution in [2.75, 3.05) is 4.90 Å². The van der Waals surface area contributed by atoms with Gasteiger partial charge >= 0.3 is 12.2 Å². The molecule has 1 aromatic carbocycles. The zero-order chi connectivity index (χ0) is 23.5. The van der Waals surface area contributed by atoms with Gasteiger partial charge in [-0.15, -0.1) is 4.90 Å². The van der Waals surface area contributed by atoms with E-state index in [1.54, 1.807) is 41.5 Å². The van der Waals surface area contributed by atoms with E-state index in [0.717, 1.165) is 5.56 Å². The molecule has 0 atom stereocenters. The third kappa shape index (κ3) is 5.93. The molecule has 0 unspecified atom stereocenters. The summed E-state index contributed by atoms with van der Waals surface area (Å²) in [6, 6.07) is 9.48. The molecule has 3 rings (SSSR count). The summed E-state index contributed by atoms with van der Waals surface area (Å²) in [4.78, 5) is 42.1. The van der Waals surface area contributed by atoms with E-state index in [9.17, 15) is 9.59 Å². The van der Waals surface area contributed by atoms with Crippen molar-refractivity contribution in [2.45, 2.75) is 59.4 Å². The fourth-order valence-electron chi connectivity index (χ4n) is 2.58. The van der Waals surface area contributed by atoms with Crippen LogP contribution in [0.5, 0.6) is 5.88 Å². The average molecular weight is 441 g/mol. The molecule has 10 nitrogen and oxygen atoms in total. The van der Waals surface area contributed by atoms with Crippen molar-refractivity contribution < 1.29 is 23.8 Å². The van der Waals surface area contributed by atoms with Gasteiger partial charge in [0.2, 0.25) is 11.8 Å². The molecule has 3 aromatic rings. The molecule has 0 radical (unpaired) electrons. The minimum Gasteiger partial charge on any atom is -0.471 e. The first-order valence-electron chi connectivity index (χ1n) is 10.1. The Labute approximate surface area is 185 Å². The van der Waals surface area contributed by atoms with E-state index < -0.39 is 23.4 Å². The van der Waals surface area contributed by atoms with Crippen LogP contribution < -0.4 is 9.64 Å². The first-order chi connectivity index (χ1) is 14.9. The van der Waals surface area contributed by atoms with Crippen LogP contribution >= 0.6 is 0 Å². The van der Waals surface area contributed by atoms with Gasteiger partial charge in [-0.3, -0.25) is 0 Å². The number of carbonyl (C=O) groups is 2. The summed E-state index contributed by atoms with van der Waals surface area (Å²) in [5, 5.41) is 0. The molecule has 32 heavy (non-hydrogen) atoms. The Hall–Kier alpha value is -3.69. The summed E-state index contributed by atoms with van der Waals surface area (Å²) in [6.45, 7) is 10.3. The molecule has 0 spiro atoms. The quantitative estimate of drug-likeness (QED) is 0.623. The summed E-state index contributed by atoms with van der Waals surface area (Å²) < 4.78 is 16.6. The van der Waals surface area contributed by atoms with E-state index in [0.29, 0.717) is 10.4 Å². The van der Waals surface area contributed by atoms with Crippen molar-refractivity contribution in [3.05, 3.63) is 42.2 Å². The number of H-pyrrole nitrogens is 1. The molecule has 0 saturated heterocycles. The van der Waals surface area contributed by atoms with Gasteiger partial charge in [-0.1, -0.05) is 30.3 Å². The van der Waals surface area contributed by atoms with E-state index in [1.165, 1.54) is 6.33 Å². The van der Waals surface area contributed by atoms with Gasteiger partial charge in [0.25, 0.3) is 0 Å². The molecule has 0 aliphatic heterocycles. The van der Waals surface area contributed by atoms with Crippen LogP contribution in [0, 0.1) is 0 Å². The second kappa shape index (κ2) is 8.81. The lowest BCUT2D eigenvalue weighted by atomic mass is 10.2.